The second kappa shape index (κ2) is 6.62. The van der Waals surface area contributed by atoms with Gasteiger partial charge in [0.1, 0.15) is 0 Å². The van der Waals surface area contributed by atoms with Gasteiger partial charge in [0.05, 0.1) is 6.54 Å². The number of hydrogen-bond acceptors (Lipinski definition) is 2. The van der Waals surface area contributed by atoms with E-state index in [0.29, 0.717) is 0 Å². The first kappa shape index (κ1) is 14.6. The largest absolute Gasteiger partial charge is 0.376 e. The van der Waals surface area contributed by atoms with Crippen LogP contribution in [0.2, 0.25) is 0 Å². The van der Waals surface area contributed by atoms with Crippen molar-refractivity contribution in [1.29, 1.82) is 0 Å². The van der Waals surface area contributed by atoms with Crippen molar-refractivity contribution in [2.24, 2.45) is 0 Å². The maximum atomic E-state index is 12.1. The number of carbonyl (C=O) groups excluding carboxylic acids is 1. The number of amides is 1. The van der Waals surface area contributed by atoms with E-state index < -0.39 is 0 Å². The molecule has 0 aliphatic heterocycles. The summed E-state index contributed by atoms with van der Waals surface area (Å²) in [4.78, 5) is 12.1. The van der Waals surface area contributed by atoms with Crippen molar-refractivity contribution in [3.63, 3.8) is 0 Å². The van der Waals surface area contributed by atoms with E-state index in [2.05, 4.69) is 26.6 Å². The molecule has 3 rings (SSSR count). The molecule has 0 heterocycles. The summed E-state index contributed by atoms with van der Waals surface area (Å²) in [6.07, 6.45) is 0. The molecule has 3 aromatic carbocycles. The average Bonchev–Trinajstić information content (AvgIpc) is 2.55. The highest BCUT2D eigenvalue weighted by molar-refractivity contribution is 9.10. The first-order valence-electron chi connectivity index (χ1n) is 6.99. The van der Waals surface area contributed by atoms with Gasteiger partial charge < -0.3 is 10.6 Å². The standard InChI is InChI=1S/C18H15BrN2O/c19-14-8-10-15(11-9-14)20-12-18(22)21-17-7-3-5-13-4-1-2-6-16(13)17/h1-11,20H,12H2,(H,21,22). The maximum Gasteiger partial charge on any atom is 0.243 e. The highest BCUT2D eigenvalue weighted by atomic mass is 79.9. The molecule has 3 aromatic rings. The van der Waals surface area contributed by atoms with E-state index in [-0.39, 0.29) is 12.5 Å². The van der Waals surface area contributed by atoms with Crippen LogP contribution in [0.15, 0.2) is 71.2 Å². The lowest BCUT2D eigenvalue weighted by Gasteiger charge is -2.10. The minimum Gasteiger partial charge on any atom is -0.376 e. The summed E-state index contributed by atoms with van der Waals surface area (Å²) in [6.45, 7) is 0.227. The summed E-state index contributed by atoms with van der Waals surface area (Å²) in [5.41, 5.74) is 1.75. The van der Waals surface area contributed by atoms with Gasteiger partial charge in [0.2, 0.25) is 5.91 Å². The summed E-state index contributed by atoms with van der Waals surface area (Å²) in [7, 11) is 0. The van der Waals surface area contributed by atoms with Crippen molar-refractivity contribution in [2.45, 2.75) is 0 Å². The molecule has 22 heavy (non-hydrogen) atoms. The third-order valence-electron chi connectivity index (χ3n) is 3.36. The van der Waals surface area contributed by atoms with Crippen molar-refractivity contribution in [1.82, 2.24) is 0 Å². The van der Waals surface area contributed by atoms with Gasteiger partial charge in [-0.05, 0) is 35.7 Å². The van der Waals surface area contributed by atoms with Gasteiger partial charge in [-0.25, -0.2) is 0 Å². The average molecular weight is 355 g/mol. The van der Waals surface area contributed by atoms with Crippen LogP contribution in [0.4, 0.5) is 11.4 Å². The topological polar surface area (TPSA) is 41.1 Å². The Labute approximate surface area is 137 Å². The molecule has 4 heteroatoms. The number of fused-ring (bicyclic) bond motifs is 1. The van der Waals surface area contributed by atoms with E-state index >= 15 is 0 Å². The first-order chi connectivity index (χ1) is 10.7. The molecule has 0 fully saturated rings. The molecule has 110 valence electrons. The second-order valence-electron chi connectivity index (χ2n) is 4.94. The van der Waals surface area contributed by atoms with Crippen LogP contribution in [0.3, 0.4) is 0 Å². The van der Waals surface area contributed by atoms with Gasteiger partial charge in [-0.1, -0.05) is 52.3 Å². The van der Waals surface area contributed by atoms with E-state index in [4.69, 9.17) is 0 Å². The van der Waals surface area contributed by atoms with E-state index in [0.717, 1.165) is 26.6 Å². The Hall–Kier alpha value is -2.33. The van der Waals surface area contributed by atoms with Gasteiger partial charge in [-0.3, -0.25) is 4.79 Å². The van der Waals surface area contributed by atoms with Crippen molar-refractivity contribution in [2.75, 3.05) is 17.2 Å². The Bertz CT molecular complexity index is 794. The van der Waals surface area contributed by atoms with E-state index in [1.54, 1.807) is 0 Å². The number of nitrogens with one attached hydrogen (secondary N) is 2. The normalized spacial score (nSPS) is 10.4. The van der Waals surface area contributed by atoms with E-state index in [1.165, 1.54) is 0 Å². The monoisotopic (exact) mass is 354 g/mol. The molecule has 0 atom stereocenters. The Morgan fingerprint density at radius 2 is 1.64 bits per heavy atom. The number of halogens is 1. The molecule has 2 N–H and O–H groups in total. The molecule has 0 radical (unpaired) electrons. The molecule has 0 unspecified atom stereocenters. The van der Waals surface area contributed by atoms with E-state index in [9.17, 15) is 4.79 Å². The third kappa shape index (κ3) is 3.46. The summed E-state index contributed by atoms with van der Waals surface area (Å²) in [6, 6.07) is 21.6. The lowest BCUT2D eigenvalue weighted by Crippen LogP contribution is -2.21. The number of carbonyl (C=O) groups is 1. The number of hydrogen-bond donors (Lipinski definition) is 2. The summed E-state index contributed by atoms with van der Waals surface area (Å²) < 4.78 is 1.01. The Balaban J connectivity index is 1.67. The summed E-state index contributed by atoms with van der Waals surface area (Å²) in [5.74, 6) is -0.0701. The van der Waals surface area contributed by atoms with Gasteiger partial charge >= 0.3 is 0 Å². The van der Waals surface area contributed by atoms with Crippen LogP contribution in [0, 0.1) is 0 Å². The predicted molar refractivity (Wildman–Crippen MR) is 95.2 cm³/mol. The smallest absolute Gasteiger partial charge is 0.243 e. The molecular weight excluding hydrogens is 340 g/mol. The molecule has 0 saturated carbocycles. The summed E-state index contributed by atoms with van der Waals surface area (Å²) >= 11 is 3.39. The van der Waals surface area contributed by atoms with Crippen LogP contribution in [0.5, 0.6) is 0 Å². The van der Waals surface area contributed by atoms with Gasteiger partial charge in [0.25, 0.3) is 0 Å². The molecule has 0 aliphatic carbocycles. The molecule has 0 aliphatic rings. The number of benzene rings is 3. The van der Waals surface area contributed by atoms with Gasteiger partial charge in [-0.15, -0.1) is 0 Å². The maximum absolute atomic E-state index is 12.1. The molecule has 0 saturated heterocycles. The van der Waals surface area contributed by atoms with Crippen LogP contribution < -0.4 is 10.6 Å². The fourth-order valence-corrected chi connectivity index (χ4v) is 2.54. The minimum absolute atomic E-state index is 0.0701. The van der Waals surface area contributed by atoms with E-state index in [1.807, 2.05) is 66.7 Å². The zero-order valence-electron chi connectivity index (χ0n) is 11.8. The minimum atomic E-state index is -0.0701. The molecule has 1 amide bonds. The lowest BCUT2D eigenvalue weighted by atomic mass is 10.1. The molecule has 0 aromatic heterocycles. The highest BCUT2D eigenvalue weighted by Crippen LogP contribution is 2.22. The predicted octanol–water partition coefficient (Wildman–Crippen LogP) is 4.65. The van der Waals surface area contributed by atoms with Crippen molar-refractivity contribution < 1.29 is 4.79 Å². The van der Waals surface area contributed by atoms with Crippen molar-refractivity contribution >= 4 is 44.0 Å². The van der Waals surface area contributed by atoms with Gasteiger partial charge in [0.15, 0.2) is 0 Å². The second-order valence-corrected chi connectivity index (χ2v) is 5.85. The zero-order valence-corrected chi connectivity index (χ0v) is 13.4. The van der Waals surface area contributed by atoms with Crippen molar-refractivity contribution in [3.05, 3.63) is 71.2 Å². The lowest BCUT2D eigenvalue weighted by molar-refractivity contribution is -0.114. The summed E-state index contributed by atoms with van der Waals surface area (Å²) in [5, 5.41) is 8.22. The number of anilines is 2. The van der Waals surface area contributed by atoms with Crippen molar-refractivity contribution in [3.8, 4) is 0 Å². The van der Waals surface area contributed by atoms with Crippen LogP contribution >= 0.6 is 15.9 Å². The molecule has 0 spiro atoms. The van der Waals surface area contributed by atoms with Gasteiger partial charge in [-0.2, -0.15) is 0 Å². The fraction of sp³-hybridized carbons (Fsp3) is 0.0556. The van der Waals surface area contributed by atoms with Crippen LogP contribution in [-0.4, -0.2) is 12.5 Å². The Morgan fingerprint density at radius 1 is 0.909 bits per heavy atom. The highest BCUT2D eigenvalue weighted by Gasteiger charge is 2.05. The first-order valence-corrected chi connectivity index (χ1v) is 7.79. The third-order valence-corrected chi connectivity index (χ3v) is 3.89. The molecule has 3 nitrogen and oxygen atoms in total. The molecule has 0 bridgehead atoms. The SMILES string of the molecule is O=C(CNc1ccc(Br)cc1)Nc1cccc2ccccc12. The van der Waals surface area contributed by atoms with Crippen LogP contribution in [0.1, 0.15) is 0 Å². The van der Waals surface area contributed by atoms with Gasteiger partial charge in [0, 0.05) is 21.2 Å². The Kier molecular flexibility index (Phi) is 4.39. The van der Waals surface area contributed by atoms with Crippen LogP contribution in [0.25, 0.3) is 10.8 Å². The molecular formula is C18H15BrN2O. The number of rotatable bonds is 4. The zero-order chi connectivity index (χ0) is 15.4. The van der Waals surface area contributed by atoms with Crippen LogP contribution in [-0.2, 0) is 4.79 Å². The Morgan fingerprint density at radius 3 is 2.45 bits per heavy atom. The fourth-order valence-electron chi connectivity index (χ4n) is 2.28. The quantitative estimate of drug-likeness (QED) is 0.715.